The highest BCUT2D eigenvalue weighted by Gasteiger charge is 2.38. The van der Waals surface area contributed by atoms with Gasteiger partial charge in [-0.25, -0.2) is 0 Å². The summed E-state index contributed by atoms with van der Waals surface area (Å²) in [7, 11) is 0. The van der Waals surface area contributed by atoms with Crippen molar-refractivity contribution in [3.05, 3.63) is 23.8 Å². The van der Waals surface area contributed by atoms with Crippen LogP contribution in [-0.2, 0) is 4.79 Å². The van der Waals surface area contributed by atoms with Crippen molar-refractivity contribution in [2.45, 2.75) is 31.5 Å². The summed E-state index contributed by atoms with van der Waals surface area (Å²) in [5, 5.41) is 19.5. The molecule has 0 bridgehead atoms. The van der Waals surface area contributed by atoms with E-state index in [4.69, 9.17) is 0 Å². The number of aliphatic hydroxyl groups is 2. The first-order chi connectivity index (χ1) is 6.00. The number of carbonyl (C=O) groups is 1. The van der Waals surface area contributed by atoms with Crippen LogP contribution in [0.25, 0.3) is 0 Å². The van der Waals surface area contributed by atoms with E-state index in [1.807, 2.05) is 6.92 Å². The van der Waals surface area contributed by atoms with Gasteiger partial charge in [-0.15, -0.1) is 0 Å². The fraction of sp³-hybridized carbons (Fsp3) is 0.500. The number of aldehydes is 1. The van der Waals surface area contributed by atoms with Crippen molar-refractivity contribution in [3.63, 3.8) is 0 Å². The monoisotopic (exact) mass is 182 g/mol. The molecule has 0 aromatic rings. The molecule has 3 heteroatoms. The molecule has 13 heavy (non-hydrogen) atoms. The molecule has 1 rings (SSSR count). The minimum absolute atomic E-state index is 0.0130. The van der Waals surface area contributed by atoms with Crippen LogP contribution in [0.3, 0.4) is 0 Å². The number of hydrogen-bond donors (Lipinski definition) is 2. The van der Waals surface area contributed by atoms with Gasteiger partial charge < -0.3 is 10.2 Å². The van der Waals surface area contributed by atoms with Gasteiger partial charge in [-0.05, 0) is 25.8 Å². The zero-order valence-electron chi connectivity index (χ0n) is 7.66. The van der Waals surface area contributed by atoms with E-state index in [0.29, 0.717) is 12.7 Å². The number of rotatable bonds is 2. The lowest BCUT2D eigenvalue weighted by molar-refractivity contribution is -0.108. The molecule has 0 unspecified atom stereocenters. The van der Waals surface area contributed by atoms with Crippen LogP contribution in [0.2, 0.25) is 0 Å². The Kier molecular flexibility index (Phi) is 2.68. The SMILES string of the molecule is C=C(C=O)[C@@]1(O)C=C(C)CC[C@@H]1O. The largest absolute Gasteiger partial charge is 0.389 e. The first-order valence-corrected chi connectivity index (χ1v) is 4.24. The second-order valence-electron chi connectivity index (χ2n) is 3.51. The Labute approximate surface area is 77.4 Å². The van der Waals surface area contributed by atoms with Gasteiger partial charge >= 0.3 is 0 Å². The lowest BCUT2D eigenvalue weighted by Crippen LogP contribution is -2.44. The summed E-state index contributed by atoms with van der Waals surface area (Å²) in [5.41, 5.74) is -0.570. The van der Waals surface area contributed by atoms with Crippen LogP contribution in [0.15, 0.2) is 23.8 Å². The molecular formula is C10H14O3. The Hall–Kier alpha value is -0.930. The van der Waals surface area contributed by atoms with Crippen molar-refractivity contribution in [1.82, 2.24) is 0 Å². The molecule has 0 spiro atoms. The first-order valence-electron chi connectivity index (χ1n) is 4.24. The van der Waals surface area contributed by atoms with Crippen molar-refractivity contribution >= 4 is 6.29 Å². The van der Waals surface area contributed by atoms with E-state index >= 15 is 0 Å². The van der Waals surface area contributed by atoms with Crippen molar-refractivity contribution in [2.24, 2.45) is 0 Å². The highest BCUT2D eigenvalue weighted by atomic mass is 16.3. The molecule has 0 aliphatic heterocycles. The van der Waals surface area contributed by atoms with E-state index < -0.39 is 11.7 Å². The third-order valence-corrected chi connectivity index (χ3v) is 2.44. The molecule has 3 nitrogen and oxygen atoms in total. The summed E-state index contributed by atoms with van der Waals surface area (Å²) in [6.07, 6.45) is 2.28. The quantitative estimate of drug-likeness (QED) is 0.373. The smallest absolute Gasteiger partial charge is 0.148 e. The van der Waals surface area contributed by atoms with Crippen molar-refractivity contribution < 1.29 is 15.0 Å². The summed E-state index contributed by atoms with van der Waals surface area (Å²) in [6, 6.07) is 0. The van der Waals surface area contributed by atoms with Crippen LogP contribution >= 0.6 is 0 Å². The maximum absolute atomic E-state index is 10.5. The van der Waals surface area contributed by atoms with E-state index in [0.717, 1.165) is 12.0 Å². The molecule has 0 aromatic carbocycles. The molecule has 0 saturated carbocycles. The van der Waals surface area contributed by atoms with Crippen LogP contribution in [0.1, 0.15) is 19.8 Å². The van der Waals surface area contributed by atoms with Crippen LogP contribution in [0, 0.1) is 0 Å². The molecule has 2 atom stereocenters. The average molecular weight is 182 g/mol. The Morgan fingerprint density at radius 1 is 1.85 bits per heavy atom. The number of carbonyl (C=O) groups excluding carboxylic acids is 1. The van der Waals surface area contributed by atoms with Crippen LogP contribution in [-0.4, -0.2) is 28.2 Å². The maximum Gasteiger partial charge on any atom is 0.148 e. The Morgan fingerprint density at radius 3 is 3.00 bits per heavy atom. The zero-order valence-corrected chi connectivity index (χ0v) is 7.66. The molecule has 72 valence electrons. The van der Waals surface area contributed by atoms with Gasteiger partial charge in [0.05, 0.1) is 6.10 Å². The highest BCUT2D eigenvalue weighted by molar-refractivity contribution is 5.76. The molecule has 2 N–H and O–H groups in total. The van der Waals surface area contributed by atoms with Gasteiger partial charge in [-0.3, -0.25) is 4.79 Å². The van der Waals surface area contributed by atoms with E-state index in [1.54, 1.807) is 0 Å². The lowest BCUT2D eigenvalue weighted by Gasteiger charge is -2.34. The topological polar surface area (TPSA) is 57.5 Å². The van der Waals surface area contributed by atoms with Crippen molar-refractivity contribution in [2.75, 3.05) is 0 Å². The molecule has 0 amide bonds. The third-order valence-electron chi connectivity index (χ3n) is 2.44. The number of hydrogen-bond acceptors (Lipinski definition) is 3. The van der Waals surface area contributed by atoms with Crippen molar-refractivity contribution in [3.8, 4) is 0 Å². The Balaban J connectivity index is 3.03. The van der Waals surface area contributed by atoms with E-state index in [1.165, 1.54) is 6.08 Å². The third kappa shape index (κ3) is 1.71. The predicted molar refractivity (Wildman–Crippen MR) is 49.2 cm³/mol. The standard InChI is InChI=1S/C10H14O3/c1-7-3-4-9(12)10(13,5-7)8(2)6-11/h5-6,9,12-13H,2-4H2,1H3/t9-,10-/m0/s1. The maximum atomic E-state index is 10.5. The summed E-state index contributed by atoms with van der Waals surface area (Å²) >= 11 is 0. The van der Waals surface area contributed by atoms with Crippen molar-refractivity contribution in [1.29, 1.82) is 0 Å². The number of aliphatic hydroxyl groups excluding tert-OH is 1. The minimum Gasteiger partial charge on any atom is -0.389 e. The van der Waals surface area contributed by atoms with E-state index in [2.05, 4.69) is 6.58 Å². The summed E-state index contributed by atoms with van der Waals surface area (Å²) in [6.45, 7) is 5.29. The second-order valence-corrected chi connectivity index (χ2v) is 3.51. The van der Waals surface area contributed by atoms with Gasteiger partial charge in [0.1, 0.15) is 11.9 Å². The fourth-order valence-electron chi connectivity index (χ4n) is 1.53. The minimum atomic E-state index is -1.55. The molecule has 0 saturated heterocycles. The molecule has 1 aliphatic rings. The summed E-state index contributed by atoms with van der Waals surface area (Å²) in [4.78, 5) is 10.5. The highest BCUT2D eigenvalue weighted by Crippen LogP contribution is 2.31. The van der Waals surface area contributed by atoms with Gasteiger partial charge in [-0.1, -0.05) is 12.2 Å². The van der Waals surface area contributed by atoms with Crippen LogP contribution in [0.4, 0.5) is 0 Å². The van der Waals surface area contributed by atoms with E-state index in [-0.39, 0.29) is 5.57 Å². The Morgan fingerprint density at radius 2 is 2.46 bits per heavy atom. The summed E-state index contributed by atoms with van der Waals surface area (Å²) < 4.78 is 0. The molecule has 0 heterocycles. The number of allylic oxidation sites excluding steroid dienone is 1. The average Bonchev–Trinajstić information content (AvgIpc) is 2.10. The van der Waals surface area contributed by atoms with Gasteiger partial charge in [0.15, 0.2) is 0 Å². The molecule has 0 radical (unpaired) electrons. The summed E-state index contributed by atoms with van der Waals surface area (Å²) in [5.74, 6) is 0. The van der Waals surface area contributed by atoms with Gasteiger partial charge in [0.2, 0.25) is 0 Å². The normalized spacial score (nSPS) is 33.8. The second kappa shape index (κ2) is 3.44. The van der Waals surface area contributed by atoms with E-state index in [9.17, 15) is 15.0 Å². The predicted octanol–water partition coefficient (Wildman–Crippen LogP) is 0.574. The molecular weight excluding hydrogens is 168 g/mol. The zero-order chi connectivity index (χ0) is 10.1. The Bertz CT molecular complexity index is 267. The molecule has 0 fully saturated rings. The van der Waals surface area contributed by atoms with Gasteiger partial charge in [0, 0.05) is 5.57 Å². The van der Waals surface area contributed by atoms with Crippen LogP contribution < -0.4 is 0 Å². The fourth-order valence-corrected chi connectivity index (χ4v) is 1.53. The molecule has 1 aliphatic carbocycles. The molecule has 0 aromatic heterocycles. The van der Waals surface area contributed by atoms with Gasteiger partial charge in [-0.2, -0.15) is 0 Å². The van der Waals surface area contributed by atoms with Gasteiger partial charge in [0.25, 0.3) is 0 Å². The first kappa shape index (κ1) is 10.2. The van der Waals surface area contributed by atoms with Crippen LogP contribution in [0.5, 0.6) is 0 Å². The lowest BCUT2D eigenvalue weighted by atomic mass is 9.80.